The van der Waals surface area contributed by atoms with Crippen molar-refractivity contribution in [2.24, 2.45) is 0 Å². The van der Waals surface area contributed by atoms with Gasteiger partial charge in [0.1, 0.15) is 0 Å². The summed E-state index contributed by atoms with van der Waals surface area (Å²) in [6, 6.07) is 10.1. The monoisotopic (exact) mass is 220 g/mol. The van der Waals surface area contributed by atoms with E-state index in [0.717, 1.165) is 18.7 Å². The number of para-hydroxylation sites is 1. The van der Waals surface area contributed by atoms with Gasteiger partial charge in [0.2, 0.25) is 5.91 Å². The third kappa shape index (κ3) is 4.82. The van der Waals surface area contributed by atoms with Crippen molar-refractivity contribution in [3.63, 3.8) is 0 Å². The smallest absolute Gasteiger partial charge is 0.220 e. The molecule has 16 heavy (non-hydrogen) atoms. The summed E-state index contributed by atoms with van der Waals surface area (Å²) >= 11 is 0. The first-order valence-corrected chi connectivity index (χ1v) is 5.80. The number of rotatable bonds is 6. The van der Waals surface area contributed by atoms with Gasteiger partial charge in [0.25, 0.3) is 0 Å². The summed E-state index contributed by atoms with van der Waals surface area (Å²) < 4.78 is 0. The van der Waals surface area contributed by atoms with Crippen molar-refractivity contribution in [2.45, 2.75) is 32.7 Å². The van der Waals surface area contributed by atoms with E-state index in [0.29, 0.717) is 6.42 Å². The van der Waals surface area contributed by atoms with E-state index >= 15 is 0 Å². The molecule has 0 aliphatic heterocycles. The lowest BCUT2D eigenvalue weighted by atomic mass is 10.2. The van der Waals surface area contributed by atoms with E-state index < -0.39 is 0 Å². The van der Waals surface area contributed by atoms with E-state index in [2.05, 4.69) is 10.6 Å². The van der Waals surface area contributed by atoms with Crippen molar-refractivity contribution in [1.82, 2.24) is 5.32 Å². The first-order valence-electron chi connectivity index (χ1n) is 5.80. The average molecular weight is 220 g/mol. The van der Waals surface area contributed by atoms with Gasteiger partial charge in [-0.25, -0.2) is 0 Å². The van der Waals surface area contributed by atoms with E-state index in [-0.39, 0.29) is 11.9 Å². The number of nitrogens with one attached hydrogen (secondary N) is 2. The van der Waals surface area contributed by atoms with E-state index in [1.807, 2.05) is 44.2 Å². The Bertz CT molecular complexity index is 311. The molecule has 0 fully saturated rings. The van der Waals surface area contributed by atoms with Gasteiger partial charge in [0.05, 0.1) is 0 Å². The van der Waals surface area contributed by atoms with Gasteiger partial charge < -0.3 is 10.6 Å². The summed E-state index contributed by atoms with van der Waals surface area (Å²) in [7, 11) is 0. The quantitative estimate of drug-likeness (QED) is 0.773. The van der Waals surface area contributed by atoms with Crippen LogP contribution in [0.25, 0.3) is 0 Å². The highest BCUT2D eigenvalue weighted by Gasteiger charge is 2.05. The minimum Gasteiger partial charge on any atom is -0.383 e. The highest BCUT2D eigenvalue weighted by atomic mass is 16.1. The molecule has 88 valence electrons. The summed E-state index contributed by atoms with van der Waals surface area (Å²) in [6.45, 7) is 4.76. The Kier molecular flexibility index (Phi) is 5.40. The zero-order valence-electron chi connectivity index (χ0n) is 9.99. The van der Waals surface area contributed by atoms with Gasteiger partial charge in [-0.3, -0.25) is 4.79 Å². The van der Waals surface area contributed by atoms with Crippen molar-refractivity contribution in [3.05, 3.63) is 30.3 Å². The summed E-state index contributed by atoms with van der Waals surface area (Å²) in [6.07, 6.45) is 1.50. The number of amides is 1. The van der Waals surface area contributed by atoms with Crippen LogP contribution < -0.4 is 10.6 Å². The third-order valence-corrected chi connectivity index (χ3v) is 2.27. The molecule has 1 aromatic rings. The third-order valence-electron chi connectivity index (χ3n) is 2.27. The topological polar surface area (TPSA) is 41.1 Å². The van der Waals surface area contributed by atoms with Gasteiger partial charge in [0, 0.05) is 24.7 Å². The molecule has 0 saturated heterocycles. The molecule has 0 bridgehead atoms. The molecular formula is C13H20N2O. The molecule has 1 aromatic carbocycles. The Morgan fingerprint density at radius 3 is 2.62 bits per heavy atom. The van der Waals surface area contributed by atoms with Crippen LogP contribution in [0, 0.1) is 0 Å². The first kappa shape index (κ1) is 12.6. The molecule has 0 saturated carbocycles. The first-order chi connectivity index (χ1) is 7.72. The second-order valence-corrected chi connectivity index (χ2v) is 3.97. The number of hydrogen-bond donors (Lipinski definition) is 2. The lowest BCUT2D eigenvalue weighted by Crippen LogP contribution is -2.37. The SMILES string of the molecule is CCCC(=O)NC(C)CNc1ccccc1. The molecule has 3 nitrogen and oxygen atoms in total. The molecule has 1 unspecified atom stereocenters. The zero-order chi connectivity index (χ0) is 11.8. The molecule has 0 aromatic heterocycles. The predicted octanol–water partition coefficient (Wildman–Crippen LogP) is 2.40. The van der Waals surface area contributed by atoms with Crippen LogP contribution in [0.1, 0.15) is 26.7 Å². The summed E-state index contributed by atoms with van der Waals surface area (Å²) in [4.78, 5) is 11.3. The van der Waals surface area contributed by atoms with Gasteiger partial charge in [-0.1, -0.05) is 25.1 Å². The summed E-state index contributed by atoms with van der Waals surface area (Å²) in [5, 5.41) is 6.23. The van der Waals surface area contributed by atoms with Crippen molar-refractivity contribution in [1.29, 1.82) is 0 Å². The molecule has 0 heterocycles. The van der Waals surface area contributed by atoms with Crippen LogP contribution in [0.15, 0.2) is 30.3 Å². The number of carbonyl (C=O) groups is 1. The van der Waals surface area contributed by atoms with Crippen LogP contribution in [-0.2, 0) is 4.79 Å². The highest BCUT2D eigenvalue weighted by Crippen LogP contribution is 2.04. The normalized spacial score (nSPS) is 11.9. The Balaban J connectivity index is 2.25. The maximum atomic E-state index is 11.3. The second kappa shape index (κ2) is 6.88. The highest BCUT2D eigenvalue weighted by molar-refractivity contribution is 5.76. The lowest BCUT2D eigenvalue weighted by Gasteiger charge is -2.15. The van der Waals surface area contributed by atoms with Gasteiger partial charge in [0.15, 0.2) is 0 Å². The molecule has 0 aliphatic carbocycles. The Morgan fingerprint density at radius 1 is 1.31 bits per heavy atom. The molecule has 0 spiro atoms. The average Bonchev–Trinajstić information content (AvgIpc) is 2.28. The Hall–Kier alpha value is -1.51. The fourth-order valence-corrected chi connectivity index (χ4v) is 1.45. The maximum absolute atomic E-state index is 11.3. The van der Waals surface area contributed by atoms with Crippen molar-refractivity contribution >= 4 is 11.6 Å². The molecule has 1 amide bonds. The maximum Gasteiger partial charge on any atom is 0.220 e. The number of carbonyl (C=O) groups excluding carboxylic acids is 1. The van der Waals surface area contributed by atoms with E-state index in [1.54, 1.807) is 0 Å². The summed E-state index contributed by atoms with van der Waals surface area (Å²) in [5.41, 5.74) is 1.08. The summed E-state index contributed by atoms with van der Waals surface area (Å²) in [5.74, 6) is 0.130. The standard InChI is InChI=1S/C13H20N2O/c1-3-7-13(16)15-11(2)10-14-12-8-5-4-6-9-12/h4-6,8-9,11,14H,3,7,10H2,1-2H3,(H,15,16). The van der Waals surface area contributed by atoms with Gasteiger partial charge in [-0.2, -0.15) is 0 Å². The molecule has 3 heteroatoms. The minimum absolute atomic E-state index is 0.130. The molecule has 2 N–H and O–H groups in total. The van der Waals surface area contributed by atoms with Crippen molar-refractivity contribution < 1.29 is 4.79 Å². The van der Waals surface area contributed by atoms with Crippen LogP contribution in [0.4, 0.5) is 5.69 Å². The van der Waals surface area contributed by atoms with Crippen LogP contribution in [0.3, 0.4) is 0 Å². The molecular weight excluding hydrogens is 200 g/mol. The lowest BCUT2D eigenvalue weighted by molar-refractivity contribution is -0.121. The van der Waals surface area contributed by atoms with E-state index in [1.165, 1.54) is 0 Å². The molecule has 0 aliphatic rings. The van der Waals surface area contributed by atoms with Gasteiger partial charge in [-0.15, -0.1) is 0 Å². The van der Waals surface area contributed by atoms with Crippen molar-refractivity contribution in [3.8, 4) is 0 Å². The fraction of sp³-hybridized carbons (Fsp3) is 0.462. The number of anilines is 1. The van der Waals surface area contributed by atoms with Gasteiger partial charge >= 0.3 is 0 Å². The largest absolute Gasteiger partial charge is 0.383 e. The fourth-order valence-electron chi connectivity index (χ4n) is 1.45. The zero-order valence-corrected chi connectivity index (χ0v) is 9.99. The van der Waals surface area contributed by atoms with Crippen LogP contribution in [0.5, 0.6) is 0 Å². The van der Waals surface area contributed by atoms with Crippen LogP contribution in [-0.4, -0.2) is 18.5 Å². The van der Waals surface area contributed by atoms with Gasteiger partial charge in [-0.05, 0) is 25.5 Å². The molecule has 1 atom stereocenters. The van der Waals surface area contributed by atoms with E-state index in [4.69, 9.17) is 0 Å². The molecule has 0 radical (unpaired) electrons. The predicted molar refractivity (Wildman–Crippen MR) is 67.4 cm³/mol. The second-order valence-electron chi connectivity index (χ2n) is 3.97. The van der Waals surface area contributed by atoms with Crippen LogP contribution in [0.2, 0.25) is 0 Å². The molecule has 1 rings (SSSR count). The van der Waals surface area contributed by atoms with Crippen LogP contribution >= 0.6 is 0 Å². The van der Waals surface area contributed by atoms with E-state index in [9.17, 15) is 4.79 Å². The minimum atomic E-state index is 0.130. The van der Waals surface area contributed by atoms with Crippen molar-refractivity contribution in [2.75, 3.05) is 11.9 Å². The number of benzene rings is 1. The Labute approximate surface area is 97.2 Å². The Morgan fingerprint density at radius 2 is 2.00 bits per heavy atom. The number of hydrogen-bond acceptors (Lipinski definition) is 2.